The first kappa shape index (κ1) is 13.2. The Morgan fingerprint density at radius 3 is 2.53 bits per heavy atom. The van der Waals surface area contributed by atoms with Crippen molar-refractivity contribution < 1.29 is 23.9 Å². The Kier molecular flexibility index (Phi) is 3.09. The monoisotopic (exact) mass is 265 g/mol. The highest BCUT2D eigenvalue weighted by atomic mass is 19.1. The molecule has 0 aromatic heterocycles. The van der Waals surface area contributed by atoms with Crippen molar-refractivity contribution in [1.29, 1.82) is 0 Å². The molecule has 2 atom stereocenters. The van der Waals surface area contributed by atoms with Gasteiger partial charge in [-0.2, -0.15) is 0 Å². The molecule has 0 spiro atoms. The molecule has 0 radical (unpaired) electrons. The van der Waals surface area contributed by atoms with Crippen LogP contribution in [0.2, 0.25) is 0 Å². The van der Waals surface area contributed by atoms with Gasteiger partial charge in [0.05, 0.1) is 17.2 Å². The molecule has 0 bridgehead atoms. The van der Waals surface area contributed by atoms with E-state index < -0.39 is 35.4 Å². The number of Topliss-reactive ketones (excluding diaryl/α,β-unsaturated/α-hetero) is 1. The molecule has 0 aliphatic carbocycles. The summed E-state index contributed by atoms with van der Waals surface area (Å²) in [5.41, 5.74) is -0.146. The van der Waals surface area contributed by atoms with Crippen LogP contribution in [0.25, 0.3) is 0 Å². The van der Waals surface area contributed by atoms with E-state index in [1.165, 1.54) is 26.0 Å². The number of aliphatic carboxylic acids is 1. The van der Waals surface area contributed by atoms with Gasteiger partial charge in [-0.15, -0.1) is 0 Å². The number of fused-ring (bicyclic) bond motifs is 1. The maximum absolute atomic E-state index is 13.8. The van der Waals surface area contributed by atoms with Crippen molar-refractivity contribution in [3.05, 3.63) is 29.6 Å². The molecule has 0 saturated carbocycles. The summed E-state index contributed by atoms with van der Waals surface area (Å²) in [4.78, 5) is 35.6. The number of amides is 1. The Balaban J connectivity index is 2.52. The molecule has 1 aromatic rings. The Morgan fingerprint density at radius 2 is 1.95 bits per heavy atom. The first-order valence-electron chi connectivity index (χ1n) is 5.75. The molecule has 2 rings (SSSR count). The van der Waals surface area contributed by atoms with E-state index in [1.54, 1.807) is 0 Å². The number of para-hydroxylation sites is 1. The topological polar surface area (TPSA) is 74.7 Å². The molecule has 1 aliphatic rings. The zero-order chi connectivity index (χ0) is 14.3. The van der Waals surface area contributed by atoms with E-state index in [4.69, 9.17) is 5.11 Å². The molecule has 1 aromatic carbocycles. The lowest BCUT2D eigenvalue weighted by molar-refractivity contribution is -0.141. The summed E-state index contributed by atoms with van der Waals surface area (Å²) < 4.78 is 13.8. The van der Waals surface area contributed by atoms with Gasteiger partial charge in [0.25, 0.3) is 11.7 Å². The van der Waals surface area contributed by atoms with Crippen molar-refractivity contribution in [3.8, 4) is 0 Å². The molecule has 19 heavy (non-hydrogen) atoms. The summed E-state index contributed by atoms with van der Waals surface area (Å²) in [5, 5.41) is 8.97. The normalized spacial score (nSPS) is 17.3. The lowest BCUT2D eigenvalue weighted by atomic mass is 10.0. The van der Waals surface area contributed by atoms with Crippen molar-refractivity contribution in [2.24, 2.45) is 5.92 Å². The average molecular weight is 265 g/mol. The van der Waals surface area contributed by atoms with E-state index in [0.717, 1.165) is 11.0 Å². The van der Waals surface area contributed by atoms with Gasteiger partial charge in [-0.05, 0) is 26.0 Å². The number of carbonyl (C=O) groups is 3. The molecule has 100 valence electrons. The number of carbonyl (C=O) groups excluding carboxylic acids is 2. The zero-order valence-electron chi connectivity index (χ0n) is 10.4. The molecule has 5 nitrogen and oxygen atoms in total. The molecule has 1 heterocycles. The van der Waals surface area contributed by atoms with E-state index in [9.17, 15) is 18.8 Å². The number of anilines is 1. The van der Waals surface area contributed by atoms with E-state index in [-0.39, 0.29) is 11.3 Å². The van der Waals surface area contributed by atoms with Crippen LogP contribution in [0.15, 0.2) is 18.2 Å². The van der Waals surface area contributed by atoms with Gasteiger partial charge in [-0.25, -0.2) is 4.39 Å². The van der Waals surface area contributed by atoms with Crippen LogP contribution in [-0.4, -0.2) is 28.8 Å². The minimum absolute atomic E-state index is 0.0190. The van der Waals surface area contributed by atoms with E-state index in [0.29, 0.717) is 0 Å². The van der Waals surface area contributed by atoms with Crippen LogP contribution in [0, 0.1) is 11.7 Å². The number of nitrogens with zero attached hydrogens (tertiary/aromatic N) is 1. The largest absolute Gasteiger partial charge is 0.481 e. The molecule has 1 aliphatic heterocycles. The average Bonchev–Trinajstić information content (AvgIpc) is 2.62. The molecular weight excluding hydrogens is 253 g/mol. The summed E-state index contributed by atoms with van der Waals surface area (Å²) in [7, 11) is 0. The summed E-state index contributed by atoms with van der Waals surface area (Å²) in [6, 6.07) is 3.02. The highest BCUT2D eigenvalue weighted by molar-refractivity contribution is 6.52. The van der Waals surface area contributed by atoms with Gasteiger partial charge in [-0.3, -0.25) is 19.3 Å². The van der Waals surface area contributed by atoms with Gasteiger partial charge < -0.3 is 5.11 Å². The maximum Gasteiger partial charge on any atom is 0.308 e. The third-order valence-corrected chi connectivity index (χ3v) is 3.41. The van der Waals surface area contributed by atoms with Gasteiger partial charge in [0, 0.05) is 6.04 Å². The van der Waals surface area contributed by atoms with Crippen LogP contribution in [0.5, 0.6) is 0 Å². The molecule has 0 fully saturated rings. The molecule has 6 heteroatoms. The predicted octanol–water partition coefficient (Wildman–Crippen LogP) is 1.46. The number of halogens is 1. The number of rotatable bonds is 3. The Bertz CT molecular complexity index is 584. The van der Waals surface area contributed by atoms with Crippen molar-refractivity contribution in [1.82, 2.24) is 0 Å². The maximum atomic E-state index is 13.8. The van der Waals surface area contributed by atoms with Crippen LogP contribution in [0.4, 0.5) is 10.1 Å². The van der Waals surface area contributed by atoms with Crippen molar-refractivity contribution >= 4 is 23.3 Å². The first-order chi connectivity index (χ1) is 8.86. The minimum atomic E-state index is -1.11. The van der Waals surface area contributed by atoms with Crippen LogP contribution in [-0.2, 0) is 9.59 Å². The van der Waals surface area contributed by atoms with Crippen LogP contribution in [0.1, 0.15) is 24.2 Å². The lowest BCUT2D eigenvalue weighted by Crippen LogP contribution is -2.44. The summed E-state index contributed by atoms with van der Waals surface area (Å²) in [6.45, 7) is 2.88. The van der Waals surface area contributed by atoms with Crippen molar-refractivity contribution in [3.63, 3.8) is 0 Å². The summed E-state index contributed by atoms with van der Waals surface area (Å²) in [6.07, 6.45) is 0. The van der Waals surface area contributed by atoms with Crippen LogP contribution >= 0.6 is 0 Å². The Labute approximate surface area is 108 Å². The SMILES string of the molecule is CC(C(=O)O)C(C)N1C(=O)C(=O)c2cccc(F)c21. The quantitative estimate of drug-likeness (QED) is 0.840. The van der Waals surface area contributed by atoms with E-state index in [2.05, 4.69) is 0 Å². The fraction of sp³-hybridized carbons (Fsp3) is 0.308. The Hall–Kier alpha value is -2.24. The third-order valence-electron chi connectivity index (χ3n) is 3.41. The molecule has 1 N–H and O–H groups in total. The second-order valence-corrected chi connectivity index (χ2v) is 4.51. The zero-order valence-corrected chi connectivity index (χ0v) is 10.4. The number of carboxylic acid groups (broad SMARTS) is 1. The molecule has 2 unspecified atom stereocenters. The number of hydrogen-bond acceptors (Lipinski definition) is 3. The van der Waals surface area contributed by atoms with Gasteiger partial charge >= 0.3 is 5.97 Å². The van der Waals surface area contributed by atoms with Gasteiger partial charge in [0.1, 0.15) is 5.82 Å². The minimum Gasteiger partial charge on any atom is -0.481 e. The third kappa shape index (κ3) is 1.89. The van der Waals surface area contributed by atoms with Gasteiger partial charge in [0.2, 0.25) is 0 Å². The van der Waals surface area contributed by atoms with E-state index >= 15 is 0 Å². The second kappa shape index (κ2) is 4.46. The summed E-state index contributed by atoms with van der Waals surface area (Å²) in [5.74, 6) is -4.43. The molecular formula is C13H12FNO4. The molecule has 1 amide bonds. The van der Waals surface area contributed by atoms with Crippen molar-refractivity contribution in [2.45, 2.75) is 19.9 Å². The van der Waals surface area contributed by atoms with E-state index in [1.807, 2.05) is 0 Å². The fourth-order valence-corrected chi connectivity index (χ4v) is 2.09. The predicted molar refractivity (Wildman–Crippen MR) is 64.5 cm³/mol. The summed E-state index contributed by atoms with van der Waals surface area (Å²) >= 11 is 0. The van der Waals surface area contributed by atoms with Crippen molar-refractivity contribution in [2.75, 3.05) is 4.90 Å². The van der Waals surface area contributed by atoms with Crippen LogP contribution < -0.4 is 4.90 Å². The highest BCUT2D eigenvalue weighted by Gasteiger charge is 2.42. The fourth-order valence-electron chi connectivity index (χ4n) is 2.09. The standard InChI is InChI=1S/C13H12FNO4/c1-6(13(18)19)7(2)15-10-8(11(16)12(15)17)4-3-5-9(10)14/h3-7H,1-2H3,(H,18,19). The number of benzene rings is 1. The second-order valence-electron chi connectivity index (χ2n) is 4.51. The van der Waals surface area contributed by atoms with Gasteiger partial charge in [0.15, 0.2) is 0 Å². The van der Waals surface area contributed by atoms with Gasteiger partial charge in [-0.1, -0.05) is 6.07 Å². The number of ketones is 1. The highest BCUT2D eigenvalue weighted by Crippen LogP contribution is 2.34. The number of hydrogen-bond donors (Lipinski definition) is 1. The van der Waals surface area contributed by atoms with Crippen LogP contribution in [0.3, 0.4) is 0 Å². The Morgan fingerprint density at radius 1 is 1.32 bits per heavy atom. The molecule has 0 saturated heterocycles. The number of carboxylic acids is 1. The smallest absolute Gasteiger partial charge is 0.308 e. The lowest BCUT2D eigenvalue weighted by Gasteiger charge is -2.27. The first-order valence-corrected chi connectivity index (χ1v) is 5.75.